The summed E-state index contributed by atoms with van der Waals surface area (Å²) in [6.07, 6.45) is 0.781. The van der Waals surface area contributed by atoms with Gasteiger partial charge in [-0.2, -0.15) is 0 Å². The zero-order valence-corrected chi connectivity index (χ0v) is 19.5. The van der Waals surface area contributed by atoms with Gasteiger partial charge in [-0.1, -0.05) is 61.2 Å². The van der Waals surface area contributed by atoms with Gasteiger partial charge in [-0.15, -0.1) is 11.8 Å². The average Bonchev–Trinajstić information content (AvgIpc) is 3.13. The van der Waals surface area contributed by atoms with Crippen molar-refractivity contribution in [1.82, 2.24) is 9.55 Å². The van der Waals surface area contributed by atoms with E-state index in [0.29, 0.717) is 17.0 Å². The number of aryl methyl sites for hydroxylation is 2. The largest absolute Gasteiger partial charge is 0.325 e. The molecule has 3 aromatic rings. The first-order valence-corrected chi connectivity index (χ1v) is 12.1. The molecule has 1 N–H and O–H groups in total. The zero-order valence-electron chi connectivity index (χ0n) is 17.8. The number of nitrogens with zero attached hydrogens (tertiary/aromatic N) is 2. The summed E-state index contributed by atoms with van der Waals surface area (Å²) in [5.74, 6) is 0.0817. The molecule has 5 nitrogen and oxygen atoms in total. The van der Waals surface area contributed by atoms with Crippen molar-refractivity contribution in [2.45, 2.75) is 49.0 Å². The quantitative estimate of drug-likeness (QED) is 0.436. The van der Waals surface area contributed by atoms with Crippen LogP contribution in [0.1, 0.15) is 29.3 Å². The van der Waals surface area contributed by atoms with Crippen molar-refractivity contribution in [3.8, 4) is 0 Å². The SMILES string of the molecule is Cc1ccc(C)c(NC(=O)CSc2nc3c(c(=O)n2Cc2ccccc2)S[C@H](C)C3)c1. The van der Waals surface area contributed by atoms with Crippen LogP contribution in [0, 0.1) is 13.8 Å². The third-order valence-electron chi connectivity index (χ3n) is 5.15. The van der Waals surface area contributed by atoms with Crippen molar-refractivity contribution < 1.29 is 4.79 Å². The highest BCUT2D eigenvalue weighted by molar-refractivity contribution is 8.00. The second-order valence-electron chi connectivity index (χ2n) is 7.83. The topological polar surface area (TPSA) is 64.0 Å². The maximum atomic E-state index is 13.2. The number of carbonyl (C=O) groups excluding carboxylic acids is 1. The van der Waals surface area contributed by atoms with Crippen LogP contribution in [0.25, 0.3) is 0 Å². The van der Waals surface area contributed by atoms with E-state index in [9.17, 15) is 9.59 Å². The molecule has 1 atom stereocenters. The van der Waals surface area contributed by atoms with Crippen LogP contribution in [0.4, 0.5) is 5.69 Å². The van der Waals surface area contributed by atoms with E-state index in [1.54, 1.807) is 16.3 Å². The number of aromatic nitrogens is 2. The normalized spacial score (nSPS) is 15.0. The number of rotatable bonds is 6. The molecule has 7 heteroatoms. The van der Waals surface area contributed by atoms with Crippen LogP contribution in [0.5, 0.6) is 0 Å². The standard InChI is InChI=1S/C24H25N3O2S2/c1-15-9-10-16(2)19(11-15)25-21(28)14-30-24-26-20-12-17(3)31-22(20)23(29)27(24)13-18-7-5-4-6-8-18/h4-11,17H,12-14H2,1-3H3,(H,25,28)/t17-/m1/s1. The van der Waals surface area contributed by atoms with Gasteiger partial charge in [0, 0.05) is 17.4 Å². The minimum atomic E-state index is -0.109. The van der Waals surface area contributed by atoms with Crippen molar-refractivity contribution in [1.29, 1.82) is 0 Å². The Morgan fingerprint density at radius 3 is 2.77 bits per heavy atom. The van der Waals surface area contributed by atoms with E-state index < -0.39 is 0 Å². The minimum absolute atomic E-state index is 0.0133. The number of anilines is 1. The van der Waals surface area contributed by atoms with Crippen molar-refractivity contribution in [3.63, 3.8) is 0 Å². The van der Waals surface area contributed by atoms with E-state index in [0.717, 1.165) is 39.4 Å². The Kier molecular flexibility index (Phi) is 6.53. The molecule has 1 aromatic heterocycles. The zero-order chi connectivity index (χ0) is 22.0. The van der Waals surface area contributed by atoms with E-state index >= 15 is 0 Å². The summed E-state index contributed by atoms with van der Waals surface area (Å²) in [6.45, 7) is 6.52. The van der Waals surface area contributed by atoms with Gasteiger partial charge in [-0.05, 0) is 36.6 Å². The molecule has 4 rings (SSSR count). The highest BCUT2D eigenvalue weighted by Gasteiger charge is 2.26. The number of thioether (sulfide) groups is 2. The summed E-state index contributed by atoms with van der Waals surface area (Å²) in [5, 5.41) is 3.92. The number of fused-ring (bicyclic) bond motifs is 1. The molecule has 0 bridgehead atoms. The van der Waals surface area contributed by atoms with Crippen LogP contribution in [0.2, 0.25) is 0 Å². The van der Waals surface area contributed by atoms with Gasteiger partial charge in [-0.25, -0.2) is 4.98 Å². The predicted octanol–water partition coefficient (Wildman–Crippen LogP) is 4.68. The summed E-state index contributed by atoms with van der Waals surface area (Å²) in [4.78, 5) is 31.4. The summed E-state index contributed by atoms with van der Waals surface area (Å²) in [6, 6.07) is 15.9. The molecule has 0 saturated heterocycles. The van der Waals surface area contributed by atoms with E-state index in [1.807, 2.05) is 62.4 Å². The number of hydrogen-bond donors (Lipinski definition) is 1. The van der Waals surface area contributed by atoms with Gasteiger partial charge in [0.1, 0.15) is 0 Å². The highest BCUT2D eigenvalue weighted by Crippen LogP contribution is 2.34. The Hall–Kier alpha value is -2.51. The van der Waals surface area contributed by atoms with Gasteiger partial charge in [-0.3, -0.25) is 14.2 Å². The Labute approximate surface area is 190 Å². The Balaban J connectivity index is 1.57. The average molecular weight is 452 g/mol. The lowest BCUT2D eigenvalue weighted by Gasteiger charge is -2.14. The molecule has 0 fully saturated rings. The maximum Gasteiger partial charge on any atom is 0.268 e. The molecule has 0 saturated carbocycles. The molecular formula is C24H25N3O2S2. The van der Waals surface area contributed by atoms with Crippen LogP contribution in [-0.4, -0.2) is 26.5 Å². The first kappa shape index (κ1) is 21.7. The van der Waals surface area contributed by atoms with Crippen molar-refractivity contribution in [3.05, 3.63) is 81.3 Å². The van der Waals surface area contributed by atoms with Crippen LogP contribution in [0.3, 0.4) is 0 Å². The molecule has 0 unspecified atom stereocenters. The number of carbonyl (C=O) groups is 1. The van der Waals surface area contributed by atoms with Crippen LogP contribution < -0.4 is 10.9 Å². The Bertz CT molecular complexity index is 1180. The fraction of sp³-hybridized carbons (Fsp3) is 0.292. The van der Waals surface area contributed by atoms with Gasteiger partial charge in [0.2, 0.25) is 5.91 Å². The number of nitrogens with one attached hydrogen (secondary N) is 1. The molecule has 2 aromatic carbocycles. The number of amides is 1. The van der Waals surface area contributed by atoms with E-state index in [1.165, 1.54) is 11.8 Å². The monoisotopic (exact) mass is 451 g/mol. The van der Waals surface area contributed by atoms with Gasteiger partial charge < -0.3 is 5.32 Å². The Morgan fingerprint density at radius 1 is 1.23 bits per heavy atom. The molecule has 1 amide bonds. The Morgan fingerprint density at radius 2 is 2.00 bits per heavy atom. The molecule has 1 aliphatic heterocycles. The lowest BCUT2D eigenvalue weighted by molar-refractivity contribution is -0.113. The van der Waals surface area contributed by atoms with E-state index in [-0.39, 0.29) is 17.2 Å². The number of hydrogen-bond acceptors (Lipinski definition) is 5. The second-order valence-corrected chi connectivity index (χ2v) is 10.2. The van der Waals surface area contributed by atoms with Crippen molar-refractivity contribution in [2.24, 2.45) is 0 Å². The molecule has 0 radical (unpaired) electrons. The maximum absolute atomic E-state index is 13.2. The fourth-order valence-electron chi connectivity index (χ4n) is 3.53. The van der Waals surface area contributed by atoms with Gasteiger partial charge in [0.15, 0.2) is 5.16 Å². The van der Waals surface area contributed by atoms with Crippen LogP contribution in [0.15, 0.2) is 63.4 Å². The van der Waals surface area contributed by atoms with E-state index in [2.05, 4.69) is 12.2 Å². The van der Waals surface area contributed by atoms with Crippen molar-refractivity contribution >= 4 is 35.1 Å². The van der Waals surface area contributed by atoms with Crippen molar-refractivity contribution in [2.75, 3.05) is 11.1 Å². The summed E-state index contributed by atoms with van der Waals surface area (Å²) >= 11 is 2.91. The third kappa shape index (κ3) is 5.05. The van der Waals surface area contributed by atoms with Crippen LogP contribution in [-0.2, 0) is 17.8 Å². The molecular weight excluding hydrogens is 426 g/mol. The lowest BCUT2D eigenvalue weighted by atomic mass is 10.1. The number of benzene rings is 2. The lowest BCUT2D eigenvalue weighted by Crippen LogP contribution is -2.26. The second kappa shape index (κ2) is 9.32. The minimum Gasteiger partial charge on any atom is -0.325 e. The molecule has 2 heterocycles. The first-order chi connectivity index (χ1) is 14.9. The molecule has 160 valence electrons. The fourth-order valence-corrected chi connectivity index (χ4v) is 5.46. The molecule has 0 spiro atoms. The predicted molar refractivity (Wildman–Crippen MR) is 128 cm³/mol. The van der Waals surface area contributed by atoms with E-state index in [4.69, 9.17) is 4.98 Å². The van der Waals surface area contributed by atoms with Gasteiger partial charge in [0.25, 0.3) is 5.56 Å². The summed E-state index contributed by atoms with van der Waals surface area (Å²) in [5.41, 5.74) is 4.80. The summed E-state index contributed by atoms with van der Waals surface area (Å²) < 4.78 is 1.70. The third-order valence-corrected chi connectivity index (χ3v) is 7.34. The smallest absolute Gasteiger partial charge is 0.268 e. The summed E-state index contributed by atoms with van der Waals surface area (Å²) in [7, 11) is 0. The van der Waals surface area contributed by atoms with Crippen LogP contribution >= 0.6 is 23.5 Å². The van der Waals surface area contributed by atoms with Gasteiger partial charge in [0.05, 0.1) is 22.9 Å². The molecule has 1 aliphatic rings. The molecule has 0 aliphatic carbocycles. The first-order valence-electron chi connectivity index (χ1n) is 10.2. The van der Waals surface area contributed by atoms with Gasteiger partial charge >= 0.3 is 0 Å². The molecule has 31 heavy (non-hydrogen) atoms. The highest BCUT2D eigenvalue weighted by atomic mass is 32.2.